The van der Waals surface area contributed by atoms with Crippen LogP contribution in [0, 0.1) is 5.92 Å². The first kappa shape index (κ1) is 22.2. The summed E-state index contributed by atoms with van der Waals surface area (Å²) in [6, 6.07) is 4.76. The number of hydrogen-bond donors (Lipinski definition) is 2. The van der Waals surface area contributed by atoms with Crippen LogP contribution in [-0.2, 0) is 16.0 Å². The molecular formula is C26H36N4O3. The van der Waals surface area contributed by atoms with Crippen molar-refractivity contribution in [2.24, 2.45) is 5.92 Å². The number of piperidine rings is 1. The molecule has 0 radical (unpaired) electrons. The minimum Gasteiger partial charge on any atom is -0.481 e. The molecule has 1 aromatic carbocycles. The van der Waals surface area contributed by atoms with Crippen molar-refractivity contribution in [3.63, 3.8) is 0 Å². The van der Waals surface area contributed by atoms with Gasteiger partial charge in [-0.1, -0.05) is 6.42 Å². The first-order chi connectivity index (χ1) is 15.9. The molecule has 7 nitrogen and oxygen atoms in total. The summed E-state index contributed by atoms with van der Waals surface area (Å²) in [5, 5.41) is 13.3. The SMILES string of the molecule is CC1CCc2c(ccc3c2nc(C(C)C(=O)N2CCCCC2)n3C2CCCC(C(=O)O)C2)N1. The van der Waals surface area contributed by atoms with Crippen LogP contribution in [0.25, 0.3) is 11.0 Å². The molecule has 1 saturated carbocycles. The van der Waals surface area contributed by atoms with Crippen LogP contribution < -0.4 is 5.32 Å². The number of carbonyl (C=O) groups excluding carboxylic acids is 1. The highest BCUT2D eigenvalue weighted by atomic mass is 16.4. The molecule has 7 heteroatoms. The Labute approximate surface area is 195 Å². The summed E-state index contributed by atoms with van der Waals surface area (Å²) in [6.45, 7) is 5.83. The number of fused-ring (bicyclic) bond motifs is 3. The second-order valence-corrected chi connectivity index (χ2v) is 10.3. The normalized spacial score (nSPS) is 26.5. The van der Waals surface area contributed by atoms with Crippen molar-refractivity contribution < 1.29 is 14.7 Å². The van der Waals surface area contributed by atoms with Gasteiger partial charge in [-0.15, -0.1) is 0 Å². The maximum atomic E-state index is 13.5. The minimum absolute atomic E-state index is 0.0602. The average molecular weight is 453 g/mol. The lowest BCUT2D eigenvalue weighted by Crippen LogP contribution is -2.39. The number of amides is 1. The summed E-state index contributed by atoms with van der Waals surface area (Å²) in [7, 11) is 0. The third-order valence-corrected chi connectivity index (χ3v) is 8.01. The number of rotatable bonds is 4. The molecule has 1 saturated heterocycles. The lowest BCUT2D eigenvalue weighted by atomic mass is 9.85. The second-order valence-electron chi connectivity index (χ2n) is 10.3. The van der Waals surface area contributed by atoms with Crippen molar-refractivity contribution in [1.29, 1.82) is 0 Å². The first-order valence-electron chi connectivity index (χ1n) is 12.8. The Kier molecular flexibility index (Phi) is 6.06. The van der Waals surface area contributed by atoms with Crippen molar-refractivity contribution >= 4 is 28.6 Å². The molecule has 4 atom stereocenters. The quantitative estimate of drug-likeness (QED) is 0.701. The van der Waals surface area contributed by atoms with Gasteiger partial charge < -0.3 is 19.9 Å². The van der Waals surface area contributed by atoms with E-state index >= 15 is 0 Å². The van der Waals surface area contributed by atoms with E-state index in [2.05, 4.69) is 28.9 Å². The molecule has 2 N–H and O–H groups in total. The van der Waals surface area contributed by atoms with E-state index in [4.69, 9.17) is 4.98 Å². The van der Waals surface area contributed by atoms with Gasteiger partial charge in [0, 0.05) is 36.4 Å². The molecule has 1 amide bonds. The molecule has 3 heterocycles. The predicted octanol–water partition coefficient (Wildman–Crippen LogP) is 4.71. The molecule has 2 fully saturated rings. The predicted molar refractivity (Wildman–Crippen MR) is 129 cm³/mol. The van der Waals surface area contributed by atoms with Crippen LogP contribution in [0.3, 0.4) is 0 Å². The highest BCUT2D eigenvalue weighted by molar-refractivity contribution is 5.89. The van der Waals surface area contributed by atoms with Gasteiger partial charge in [0.25, 0.3) is 0 Å². The molecule has 0 bridgehead atoms. The molecule has 5 rings (SSSR count). The average Bonchev–Trinajstić information content (AvgIpc) is 3.23. The van der Waals surface area contributed by atoms with E-state index < -0.39 is 5.97 Å². The summed E-state index contributed by atoms with van der Waals surface area (Å²) in [6.07, 6.45) is 8.49. The fourth-order valence-corrected chi connectivity index (χ4v) is 6.13. The summed E-state index contributed by atoms with van der Waals surface area (Å²) in [4.78, 5) is 32.4. The van der Waals surface area contributed by atoms with Crippen molar-refractivity contribution in [2.75, 3.05) is 18.4 Å². The first-order valence-corrected chi connectivity index (χ1v) is 12.8. The van der Waals surface area contributed by atoms with Crippen LogP contribution in [0.2, 0.25) is 0 Å². The molecule has 0 spiro atoms. The van der Waals surface area contributed by atoms with Crippen LogP contribution in [0.15, 0.2) is 12.1 Å². The maximum Gasteiger partial charge on any atom is 0.306 e. The van der Waals surface area contributed by atoms with Crippen molar-refractivity contribution in [3.05, 3.63) is 23.5 Å². The number of nitrogens with one attached hydrogen (secondary N) is 1. The number of aromatic nitrogens is 2. The molecule has 2 aliphatic heterocycles. The summed E-state index contributed by atoms with van der Waals surface area (Å²) in [5.41, 5.74) is 4.40. The number of hydrogen-bond acceptors (Lipinski definition) is 4. The zero-order valence-electron chi connectivity index (χ0n) is 19.8. The van der Waals surface area contributed by atoms with Crippen LogP contribution >= 0.6 is 0 Å². The zero-order chi connectivity index (χ0) is 23.1. The Morgan fingerprint density at radius 2 is 1.91 bits per heavy atom. The third-order valence-electron chi connectivity index (χ3n) is 8.01. The number of carboxylic acid groups (broad SMARTS) is 1. The topological polar surface area (TPSA) is 87.5 Å². The third kappa shape index (κ3) is 4.11. The van der Waals surface area contributed by atoms with Crippen LogP contribution in [-0.4, -0.2) is 50.6 Å². The Balaban J connectivity index is 1.59. The summed E-state index contributed by atoms with van der Waals surface area (Å²) < 4.78 is 2.25. The monoisotopic (exact) mass is 452 g/mol. The van der Waals surface area contributed by atoms with Gasteiger partial charge in [0.15, 0.2) is 0 Å². The van der Waals surface area contributed by atoms with Crippen LogP contribution in [0.5, 0.6) is 0 Å². The maximum absolute atomic E-state index is 13.5. The smallest absolute Gasteiger partial charge is 0.306 e. The Bertz CT molecular complexity index is 1060. The van der Waals surface area contributed by atoms with Gasteiger partial charge in [-0.2, -0.15) is 0 Å². The van der Waals surface area contributed by atoms with E-state index in [0.717, 1.165) is 80.6 Å². The van der Waals surface area contributed by atoms with E-state index in [9.17, 15) is 14.7 Å². The largest absolute Gasteiger partial charge is 0.481 e. The van der Waals surface area contributed by atoms with Gasteiger partial charge in [-0.3, -0.25) is 9.59 Å². The Morgan fingerprint density at radius 1 is 1.12 bits per heavy atom. The zero-order valence-corrected chi connectivity index (χ0v) is 19.8. The molecule has 3 aliphatic rings. The number of aryl methyl sites for hydroxylation is 1. The fourth-order valence-electron chi connectivity index (χ4n) is 6.13. The molecule has 33 heavy (non-hydrogen) atoms. The summed E-state index contributed by atoms with van der Waals surface area (Å²) in [5.74, 6) is -0.422. The highest BCUT2D eigenvalue weighted by Gasteiger charge is 2.34. The number of carbonyl (C=O) groups is 2. The number of carboxylic acids is 1. The van der Waals surface area contributed by atoms with Gasteiger partial charge in [-0.25, -0.2) is 4.98 Å². The highest BCUT2D eigenvalue weighted by Crippen LogP contribution is 2.40. The van der Waals surface area contributed by atoms with E-state index in [0.29, 0.717) is 12.5 Å². The number of aliphatic carboxylic acids is 1. The summed E-state index contributed by atoms with van der Waals surface area (Å²) >= 11 is 0. The fraction of sp³-hybridized carbons (Fsp3) is 0.654. The van der Waals surface area contributed by atoms with E-state index in [-0.39, 0.29) is 23.8 Å². The molecule has 178 valence electrons. The number of anilines is 1. The number of likely N-dealkylation sites (tertiary alicyclic amines) is 1. The number of nitrogens with zero attached hydrogens (tertiary/aromatic N) is 3. The van der Waals surface area contributed by atoms with Crippen molar-refractivity contribution in [1.82, 2.24) is 14.5 Å². The molecule has 4 unspecified atom stereocenters. The second kappa shape index (κ2) is 8.99. The number of benzene rings is 1. The van der Waals surface area contributed by atoms with E-state index in [1.807, 2.05) is 11.8 Å². The van der Waals surface area contributed by atoms with Crippen molar-refractivity contribution in [2.45, 2.75) is 89.6 Å². The number of imidazole rings is 1. The molecular weight excluding hydrogens is 416 g/mol. The van der Waals surface area contributed by atoms with E-state index in [1.165, 1.54) is 12.0 Å². The minimum atomic E-state index is -0.710. The van der Waals surface area contributed by atoms with Gasteiger partial charge in [-0.05, 0) is 77.3 Å². The Morgan fingerprint density at radius 3 is 2.67 bits per heavy atom. The standard InChI is InChI=1S/C26H36N4O3/c1-16-9-10-20-21(27-16)11-12-22-23(20)28-24(17(2)25(31)29-13-4-3-5-14-29)30(22)19-8-6-7-18(15-19)26(32)33/h11-12,16-19,27H,3-10,13-15H2,1-2H3,(H,32,33). The molecule has 2 aromatic rings. The Hall–Kier alpha value is -2.57. The van der Waals surface area contributed by atoms with Crippen LogP contribution in [0.1, 0.15) is 88.6 Å². The van der Waals surface area contributed by atoms with Gasteiger partial charge in [0.2, 0.25) is 5.91 Å². The lowest BCUT2D eigenvalue weighted by Gasteiger charge is -2.32. The van der Waals surface area contributed by atoms with E-state index in [1.54, 1.807) is 0 Å². The molecule has 1 aliphatic carbocycles. The van der Waals surface area contributed by atoms with Gasteiger partial charge in [0.1, 0.15) is 5.82 Å². The van der Waals surface area contributed by atoms with Gasteiger partial charge >= 0.3 is 5.97 Å². The lowest BCUT2D eigenvalue weighted by molar-refractivity contribution is -0.143. The van der Waals surface area contributed by atoms with Gasteiger partial charge in [0.05, 0.1) is 22.9 Å². The van der Waals surface area contributed by atoms with Crippen LogP contribution in [0.4, 0.5) is 5.69 Å². The molecule has 1 aromatic heterocycles. The van der Waals surface area contributed by atoms with Crippen molar-refractivity contribution in [3.8, 4) is 0 Å².